The summed E-state index contributed by atoms with van der Waals surface area (Å²) in [6.45, 7) is 0. The highest BCUT2D eigenvalue weighted by molar-refractivity contribution is 7.99. The Hall–Kier alpha value is -0.740. The topological polar surface area (TPSA) is 44.9 Å². The Kier molecular flexibility index (Phi) is 4.51. The Morgan fingerprint density at radius 3 is 3.00 bits per heavy atom. The molecular weight excluding hydrogens is 268 g/mol. The van der Waals surface area contributed by atoms with E-state index in [-0.39, 0.29) is 5.56 Å². The molecule has 0 aromatic carbocycles. The monoisotopic (exact) mass is 292 g/mol. The summed E-state index contributed by atoms with van der Waals surface area (Å²) >= 11 is 2.01. The number of H-pyrrole nitrogens is 1. The lowest BCUT2D eigenvalue weighted by molar-refractivity contribution is 0.324. The van der Waals surface area contributed by atoms with E-state index in [1.807, 2.05) is 17.8 Å². The van der Waals surface area contributed by atoms with Gasteiger partial charge in [-0.25, -0.2) is 0 Å². The summed E-state index contributed by atoms with van der Waals surface area (Å²) < 4.78 is 0. The number of aromatic amines is 1. The predicted octanol–water partition coefficient (Wildman–Crippen LogP) is 3.02. The van der Waals surface area contributed by atoms with Crippen molar-refractivity contribution in [1.29, 1.82) is 0 Å². The summed E-state index contributed by atoms with van der Waals surface area (Å²) in [4.78, 5) is 14.5. The molecule has 0 bridgehead atoms. The number of thioether (sulfide) groups is 1. The Morgan fingerprint density at radius 1 is 1.25 bits per heavy atom. The molecule has 1 aromatic heterocycles. The molecule has 0 spiro atoms. The first-order chi connectivity index (χ1) is 9.76. The fourth-order valence-electron chi connectivity index (χ4n) is 3.67. The van der Waals surface area contributed by atoms with Crippen LogP contribution >= 0.6 is 11.8 Å². The molecule has 0 radical (unpaired) electrons. The van der Waals surface area contributed by atoms with Gasteiger partial charge in [0.15, 0.2) is 0 Å². The van der Waals surface area contributed by atoms with Crippen molar-refractivity contribution < 1.29 is 0 Å². The zero-order valence-corrected chi connectivity index (χ0v) is 13.0. The second-order valence-corrected chi connectivity index (χ2v) is 7.23. The first-order valence-electron chi connectivity index (χ1n) is 7.77. The van der Waals surface area contributed by atoms with Gasteiger partial charge in [0.25, 0.3) is 0 Å². The van der Waals surface area contributed by atoms with Crippen molar-refractivity contribution in [1.82, 2.24) is 10.3 Å². The molecule has 2 N–H and O–H groups in total. The summed E-state index contributed by atoms with van der Waals surface area (Å²) in [5, 5.41) is 4.68. The molecule has 1 saturated carbocycles. The van der Waals surface area contributed by atoms with Crippen molar-refractivity contribution >= 4 is 11.8 Å². The second kappa shape index (κ2) is 6.35. The van der Waals surface area contributed by atoms with E-state index in [9.17, 15) is 4.79 Å². The third-order valence-corrected chi connectivity index (χ3v) is 5.82. The van der Waals surface area contributed by atoms with Gasteiger partial charge in [-0.15, -0.1) is 0 Å². The molecule has 110 valence electrons. The minimum Gasteiger partial charge on any atom is -0.326 e. The minimum absolute atomic E-state index is 0.0320. The third kappa shape index (κ3) is 3.12. The van der Waals surface area contributed by atoms with Crippen molar-refractivity contribution in [3.63, 3.8) is 0 Å². The zero-order chi connectivity index (χ0) is 13.9. The molecule has 20 heavy (non-hydrogen) atoms. The molecule has 0 aliphatic heterocycles. The number of rotatable bonds is 3. The number of hydrogen-bond acceptors (Lipinski definition) is 3. The number of fused-ring (bicyclic) bond motifs is 1. The van der Waals surface area contributed by atoms with Gasteiger partial charge >= 0.3 is 0 Å². The van der Waals surface area contributed by atoms with E-state index in [1.165, 1.54) is 44.1 Å². The lowest BCUT2D eigenvalue weighted by atomic mass is 9.88. The van der Waals surface area contributed by atoms with E-state index in [0.29, 0.717) is 12.1 Å². The van der Waals surface area contributed by atoms with Crippen LogP contribution in [0.4, 0.5) is 0 Å². The third-order valence-electron chi connectivity index (χ3n) is 4.73. The van der Waals surface area contributed by atoms with Crippen molar-refractivity contribution in [3.05, 3.63) is 33.7 Å². The molecule has 0 amide bonds. The van der Waals surface area contributed by atoms with Crippen LogP contribution < -0.4 is 10.9 Å². The van der Waals surface area contributed by atoms with E-state index in [4.69, 9.17) is 0 Å². The van der Waals surface area contributed by atoms with Crippen LogP contribution in [-0.2, 0) is 6.42 Å². The van der Waals surface area contributed by atoms with Gasteiger partial charge in [0.1, 0.15) is 0 Å². The zero-order valence-electron chi connectivity index (χ0n) is 12.2. The molecule has 3 atom stereocenters. The number of hydrogen-bond donors (Lipinski definition) is 2. The normalized spacial score (nSPS) is 29.9. The summed E-state index contributed by atoms with van der Waals surface area (Å²) in [5.41, 5.74) is 2.50. The first kappa shape index (κ1) is 14.2. The van der Waals surface area contributed by atoms with Gasteiger partial charge in [-0.05, 0) is 50.3 Å². The van der Waals surface area contributed by atoms with Crippen molar-refractivity contribution in [2.45, 2.75) is 62.3 Å². The maximum Gasteiger partial charge on any atom is 0.248 e. The molecule has 3 unspecified atom stereocenters. The molecule has 1 heterocycles. The summed E-state index contributed by atoms with van der Waals surface area (Å²) in [6.07, 6.45) is 10.9. The Bertz CT molecular complexity index is 513. The molecule has 3 rings (SSSR count). The first-order valence-corrected chi connectivity index (χ1v) is 9.06. The van der Waals surface area contributed by atoms with Crippen LogP contribution in [0.3, 0.4) is 0 Å². The maximum atomic E-state index is 11.4. The van der Waals surface area contributed by atoms with Gasteiger partial charge in [-0.1, -0.05) is 12.5 Å². The van der Waals surface area contributed by atoms with Crippen LogP contribution in [0.25, 0.3) is 0 Å². The highest BCUT2D eigenvalue weighted by Gasteiger charge is 2.26. The standard InChI is InChI=1S/C16H24N2OS/c1-20-12-5-2-4-11(10-12)17-14-6-3-7-15-13(14)8-9-16(19)18-15/h8-9,11-12,14,17H,2-7,10H2,1H3,(H,18,19). The fourth-order valence-corrected chi connectivity index (χ4v) is 4.50. The largest absolute Gasteiger partial charge is 0.326 e. The average Bonchev–Trinajstić information content (AvgIpc) is 2.47. The van der Waals surface area contributed by atoms with Crippen LogP contribution in [0.1, 0.15) is 55.8 Å². The lowest BCUT2D eigenvalue weighted by Crippen LogP contribution is -2.39. The minimum atomic E-state index is 0.0320. The molecule has 2 aliphatic rings. The number of aromatic nitrogens is 1. The Balaban J connectivity index is 1.71. The number of nitrogens with one attached hydrogen (secondary N) is 2. The summed E-state index contributed by atoms with van der Waals surface area (Å²) in [5.74, 6) is 0. The smallest absolute Gasteiger partial charge is 0.248 e. The van der Waals surface area contributed by atoms with Crippen molar-refractivity contribution in [2.24, 2.45) is 0 Å². The van der Waals surface area contributed by atoms with Crippen LogP contribution in [0.15, 0.2) is 16.9 Å². The molecule has 1 fully saturated rings. The molecular formula is C16H24N2OS. The summed E-state index contributed by atoms with van der Waals surface area (Å²) in [7, 11) is 0. The highest BCUT2D eigenvalue weighted by atomic mass is 32.2. The van der Waals surface area contributed by atoms with Gasteiger partial charge < -0.3 is 10.3 Å². The average molecular weight is 292 g/mol. The predicted molar refractivity (Wildman–Crippen MR) is 85.4 cm³/mol. The van der Waals surface area contributed by atoms with Gasteiger partial charge in [0.05, 0.1) is 0 Å². The van der Waals surface area contributed by atoms with Crippen LogP contribution in [-0.4, -0.2) is 22.5 Å². The van der Waals surface area contributed by atoms with Crippen LogP contribution in [0.2, 0.25) is 0 Å². The molecule has 3 nitrogen and oxygen atoms in total. The van der Waals surface area contributed by atoms with E-state index in [1.54, 1.807) is 6.07 Å². The van der Waals surface area contributed by atoms with Crippen LogP contribution in [0, 0.1) is 0 Å². The van der Waals surface area contributed by atoms with Crippen molar-refractivity contribution in [2.75, 3.05) is 6.26 Å². The quantitative estimate of drug-likeness (QED) is 0.900. The number of pyridine rings is 1. The van der Waals surface area contributed by atoms with E-state index in [0.717, 1.165) is 17.4 Å². The SMILES string of the molecule is CSC1CCCC(NC2CCCc3[nH]c(=O)ccc32)C1. The molecule has 0 saturated heterocycles. The Labute approximate surface area is 124 Å². The molecule has 2 aliphatic carbocycles. The van der Waals surface area contributed by atoms with Crippen molar-refractivity contribution in [3.8, 4) is 0 Å². The van der Waals surface area contributed by atoms with Crippen LogP contribution in [0.5, 0.6) is 0 Å². The van der Waals surface area contributed by atoms with Gasteiger partial charge in [0, 0.05) is 29.1 Å². The lowest BCUT2D eigenvalue weighted by Gasteiger charge is -2.34. The Morgan fingerprint density at radius 2 is 2.15 bits per heavy atom. The van der Waals surface area contributed by atoms with Gasteiger partial charge in [-0.2, -0.15) is 11.8 Å². The summed E-state index contributed by atoms with van der Waals surface area (Å²) in [6, 6.07) is 4.77. The molecule has 1 aromatic rings. The van der Waals surface area contributed by atoms with Gasteiger partial charge in [0.2, 0.25) is 5.56 Å². The van der Waals surface area contributed by atoms with E-state index in [2.05, 4.69) is 16.6 Å². The van der Waals surface area contributed by atoms with E-state index < -0.39 is 0 Å². The fraction of sp³-hybridized carbons (Fsp3) is 0.688. The maximum absolute atomic E-state index is 11.4. The van der Waals surface area contributed by atoms with Gasteiger partial charge in [-0.3, -0.25) is 4.79 Å². The molecule has 4 heteroatoms. The highest BCUT2D eigenvalue weighted by Crippen LogP contribution is 2.32. The number of aryl methyl sites for hydroxylation is 1. The van der Waals surface area contributed by atoms with E-state index >= 15 is 0 Å². The second-order valence-electron chi connectivity index (χ2n) is 6.09.